The van der Waals surface area contributed by atoms with Gasteiger partial charge in [0.2, 0.25) is 5.91 Å². The zero-order chi connectivity index (χ0) is 22.5. The Morgan fingerprint density at radius 1 is 1.22 bits per heavy atom. The minimum Gasteiger partial charge on any atom is -0.497 e. The SMILES string of the molecule is COc1cc(C2(c3cc(OCC4CCN4C)cc(C(N)=O)c3C)CC2)c2ccncc2c1. The molecule has 1 amide bonds. The average Bonchev–Trinajstić information content (AvgIpc) is 3.59. The maximum atomic E-state index is 12.3. The molecular weight excluding hydrogens is 402 g/mol. The summed E-state index contributed by atoms with van der Waals surface area (Å²) in [4.78, 5) is 18.9. The van der Waals surface area contributed by atoms with Gasteiger partial charge in [-0.15, -0.1) is 0 Å². The summed E-state index contributed by atoms with van der Waals surface area (Å²) in [5.74, 6) is 1.09. The highest BCUT2D eigenvalue weighted by atomic mass is 16.5. The lowest BCUT2D eigenvalue weighted by molar-refractivity contribution is 0.0767. The van der Waals surface area contributed by atoms with Crippen LogP contribution in [0.2, 0.25) is 0 Å². The number of ether oxygens (including phenoxy) is 2. The maximum Gasteiger partial charge on any atom is 0.249 e. The molecule has 2 aliphatic rings. The van der Waals surface area contributed by atoms with Gasteiger partial charge in [0.05, 0.1) is 7.11 Å². The number of fused-ring (bicyclic) bond motifs is 1. The molecule has 1 unspecified atom stereocenters. The third kappa shape index (κ3) is 3.39. The van der Waals surface area contributed by atoms with Gasteiger partial charge in [0.25, 0.3) is 0 Å². The molecule has 32 heavy (non-hydrogen) atoms. The Balaban J connectivity index is 1.62. The van der Waals surface area contributed by atoms with Gasteiger partial charge in [-0.25, -0.2) is 0 Å². The van der Waals surface area contributed by atoms with Crippen LogP contribution in [0, 0.1) is 6.92 Å². The first kappa shape index (κ1) is 20.8. The number of primary amides is 1. The Hall–Kier alpha value is -3.12. The monoisotopic (exact) mass is 431 g/mol. The number of hydrogen-bond acceptors (Lipinski definition) is 5. The topological polar surface area (TPSA) is 77.7 Å². The fourth-order valence-electron chi connectivity index (χ4n) is 5.00. The standard InChI is InChI=1S/C26H29N3O3/c1-16-22(25(27)30)11-20(32-15-18-5-9-29(18)2)13-23(16)26(6-7-26)24-12-19(31-3)10-17-14-28-8-4-21(17)24/h4,8,10-14,18H,5-7,9,15H2,1-3H3,(H2,27,30). The third-order valence-electron chi connectivity index (χ3n) is 7.27. The zero-order valence-electron chi connectivity index (χ0n) is 18.9. The normalized spacial score (nSPS) is 19.4. The van der Waals surface area contributed by atoms with Crippen LogP contribution in [0.25, 0.3) is 10.8 Å². The van der Waals surface area contributed by atoms with E-state index in [0.717, 1.165) is 53.5 Å². The summed E-state index contributed by atoms with van der Waals surface area (Å²) in [6.45, 7) is 3.70. The van der Waals surface area contributed by atoms with E-state index in [0.29, 0.717) is 24.0 Å². The Morgan fingerprint density at radius 2 is 2.00 bits per heavy atom. The summed E-state index contributed by atoms with van der Waals surface area (Å²) in [6.07, 6.45) is 6.81. The molecule has 6 heteroatoms. The second-order valence-corrected chi connectivity index (χ2v) is 9.10. The second kappa shape index (κ2) is 7.78. The number of aromatic nitrogens is 1. The van der Waals surface area contributed by atoms with E-state index in [2.05, 4.69) is 35.1 Å². The van der Waals surface area contributed by atoms with Crippen molar-refractivity contribution in [1.82, 2.24) is 9.88 Å². The van der Waals surface area contributed by atoms with Crippen molar-refractivity contribution in [1.29, 1.82) is 0 Å². The number of likely N-dealkylation sites (tertiary alicyclic amines) is 1. The van der Waals surface area contributed by atoms with Crippen LogP contribution in [0.5, 0.6) is 11.5 Å². The number of carbonyl (C=O) groups is 1. The maximum absolute atomic E-state index is 12.3. The van der Waals surface area contributed by atoms with Crippen molar-refractivity contribution in [3.63, 3.8) is 0 Å². The lowest BCUT2D eigenvalue weighted by Crippen LogP contribution is -2.48. The van der Waals surface area contributed by atoms with Gasteiger partial charge in [0, 0.05) is 34.8 Å². The van der Waals surface area contributed by atoms with E-state index in [1.54, 1.807) is 13.2 Å². The first-order valence-electron chi connectivity index (χ1n) is 11.1. The molecule has 0 spiro atoms. The number of rotatable bonds is 7. The van der Waals surface area contributed by atoms with E-state index >= 15 is 0 Å². The predicted octanol–water partition coefficient (Wildman–Crippen LogP) is 3.81. The molecule has 2 N–H and O–H groups in total. The van der Waals surface area contributed by atoms with Gasteiger partial charge in [0.15, 0.2) is 0 Å². The van der Waals surface area contributed by atoms with Crippen LogP contribution in [-0.4, -0.2) is 49.1 Å². The van der Waals surface area contributed by atoms with Gasteiger partial charge >= 0.3 is 0 Å². The van der Waals surface area contributed by atoms with Gasteiger partial charge in [-0.1, -0.05) is 0 Å². The third-order valence-corrected chi connectivity index (χ3v) is 7.27. The highest BCUT2D eigenvalue weighted by molar-refractivity contribution is 5.96. The summed E-state index contributed by atoms with van der Waals surface area (Å²) in [5.41, 5.74) is 9.33. The molecule has 2 aromatic carbocycles. The van der Waals surface area contributed by atoms with E-state index in [4.69, 9.17) is 15.2 Å². The summed E-state index contributed by atoms with van der Waals surface area (Å²) < 4.78 is 11.8. The number of hydrogen-bond donors (Lipinski definition) is 1. The lowest BCUT2D eigenvalue weighted by Gasteiger charge is -2.37. The van der Waals surface area contributed by atoms with Crippen molar-refractivity contribution < 1.29 is 14.3 Å². The lowest BCUT2D eigenvalue weighted by atomic mass is 9.81. The van der Waals surface area contributed by atoms with Gasteiger partial charge in [0.1, 0.15) is 18.1 Å². The molecule has 3 aromatic rings. The number of pyridine rings is 1. The largest absolute Gasteiger partial charge is 0.497 e. The minimum atomic E-state index is -0.425. The van der Waals surface area contributed by atoms with E-state index in [1.165, 1.54) is 5.56 Å². The van der Waals surface area contributed by atoms with Crippen LogP contribution in [0.4, 0.5) is 0 Å². The van der Waals surface area contributed by atoms with Gasteiger partial charge in [-0.3, -0.25) is 14.7 Å². The van der Waals surface area contributed by atoms with Gasteiger partial charge in [-0.05, 0) is 92.2 Å². The molecule has 1 saturated carbocycles. The first-order chi connectivity index (χ1) is 15.4. The smallest absolute Gasteiger partial charge is 0.249 e. The van der Waals surface area contributed by atoms with Crippen LogP contribution >= 0.6 is 0 Å². The van der Waals surface area contributed by atoms with Crippen molar-refractivity contribution in [2.75, 3.05) is 27.3 Å². The van der Waals surface area contributed by atoms with Gasteiger partial charge < -0.3 is 15.2 Å². The molecule has 6 nitrogen and oxygen atoms in total. The highest BCUT2D eigenvalue weighted by Crippen LogP contribution is 2.57. The molecule has 1 saturated heterocycles. The first-order valence-corrected chi connectivity index (χ1v) is 11.1. The predicted molar refractivity (Wildman–Crippen MR) is 125 cm³/mol. The minimum absolute atomic E-state index is 0.199. The molecule has 1 aromatic heterocycles. The van der Waals surface area contributed by atoms with Crippen molar-refractivity contribution in [3.05, 3.63) is 65.0 Å². The molecule has 1 aliphatic heterocycles. The molecule has 1 atom stereocenters. The highest BCUT2D eigenvalue weighted by Gasteiger charge is 2.48. The second-order valence-electron chi connectivity index (χ2n) is 9.10. The Morgan fingerprint density at radius 3 is 2.62 bits per heavy atom. The summed E-state index contributed by atoms with van der Waals surface area (Å²) in [5, 5.41) is 2.20. The van der Waals surface area contributed by atoms with E-state index in [-0.39, 0.29) is 5.41 Å². The van der Waals surface area contributed by atoms with Crippen molar-refractivity contribution in [3.8, 4) is 11.5 Å². The van der Waals surface area contributed by atoms with Gasteiger partial charge in [-0.2, -0.15) is 0 Å². The number of likely N-dealkylation sites (N-methyl/N-ethyl adjacent to an activating group) is 1. The summed E-state index contributed by atoms with van der Waals surface area (Å²) in [6, 6.07) is 10.5. The molecule has 0 bridgehead atoms. The van der Waals surface area contributed by atoms with E-state index in [9.17, 15) is 4.79 Å². The Labute approximate surface area is 188 Å². The zero-order valence-corrected chi connectivity index (χ0v) is 18.9. The molecular formula is C26H29N3O3. The van der Waals surface area contributed by atoms with Crippen LogP contribution in [0.1, 0.15) is 46.3 Å². The number of benzene rings is 2. The number of nitrogens with zero attached hydrogens (tertiary/aromatic N) is 2. The molecule has 1 aliphatic carbocycles. The van der Waals surface area contributed by atoms with Crippen LogP contribution in [0.15, 0.2) is 42.7 Å². The number of methoxy groups -OCH3 is 1. The Bertz CT molecular complexity index is 1200. The molecule has 5 rings (SSSR count). The molecule has 0 radical (unpaired) electrons. The summed E-state index contributed by atoms with van der Waals surface area (Å²) >= 11 is 0. The molecule has 2 fully saturated rings. The molecule has 166 valence electrons. The van der Waals surface area contributed by atoms with Crippen molar-refractivity contribution in [2.24, 2.45) is 5.73 Å². The Kier molecular flexibility index (Phi) is 5.05. The van der Waals surface area contributed by atoms with E-state index in [1.807, 2.05) is 25.4 Å². The fourth-order valence-corrected chi connectivity index (χ4v) is 5.00. The van der Waals surface area contributed by atoms with Crippen LogP contribution in [0.3, 0.4) is 0 Å². The fraction of sp³-hybridized carbons (Fsp3) is 0.385. The molecule has 2 heterocycles. The average molecular weight is 432 g/mol. The van der Waals surface area contributed by atoms with Crippen molar-refractivity contribution >= 4 is 16.7 Å². The number of nitrogens with two attached hydrogens (primary N) is 1. The number of carbonyl (C=O) groups excluding carboxylic acids is 1. The van der Waals surface area contributed by atoms with Crippen LogP contribution in [-0.2, 0) is 5.41 Å². The van der Waals surface area contributed by atoms with E-state index < -0.39 is 5.91 Å². The quantitative estimate of drug-likeness (QED) is 0.615. The van der Waals surface area contributed by atoms with Crippen LogP contribution < -0.4 is 15.2 Å². The summed E-state index contributed by atoms with van der Waals surface area (Å²) in [7, 11) is 3.79. The number of amides is 1. The van der Waals surface area contributed by atoms with Crippen molar-refractivity contribution in [2.45, 2.75) is 37.6 Å².